The predicted molar refractivity (Wildman–Crippen MR) is 80.9 cm³/mol. The second kappa shape index (κ2) is 6.29. The van der Waals surface area contributed by atoms with Crippen LogP contribution in [0.25, 0.3) is 0 Å². The Bertz CT molecular complexity index is 460. The maximum atomic E-state index is 12.5. The van der Waals surface area contributed by atoms with Crippen molar-refractivity contribution in [3.05, 3.63) is 29.8 Å². The van der Waals surface area contributed by atoms with Gasteiger partial charge in [0.2, 0.25) is 0 Å². The Morgan fingerprint density at radius 3 is 2.25 bits per heavy atom. The van der Waals surface area contributed by atoms with Gasteiger partial charge in [0, 0.05) is 0 Å². The Hall–Kier alpha value is -1.51. The first kappa shape index (κ1) is 16.5. The highest BCUT2D eigenvalue weighted by Gasteiger charge is 2.45. The van der Waals surface area contributed by atoms with Gasteiger partial charge in [-0.15, -0.1) is 0 Å². The molecule has 0 aromatic heterocycles. The third-order valence-electron chi connectivity index (χ3n) is 4.12. The minimum atomic E-state index is -0.600. The van der Waals surface area contributed by atoms with Crippen LogP contribution in [-0.4, -0.2) is 19.7 Å². The molecule has 1 aromatic carbocycles. The highest BCUT2D eigenvalue weighted by Crippen LogP contribution is 2.43. The molecule has 0 spiro atoms. The van der Waals surface area contributed by atoms with Gasteiger partial charge in [-0.2, -0.15) is 0 Å². The van der Waals surface area contributed by atoms with Gasteiger partial charge in [0.15, 0.2) is 0 Å². The number of esters is 1. The van der Waals surface area contributed by atoms with Gasteiger partial charge in [0.05, 0.1) is 19.1 Å². The average molecular weight is 278 g/mol. The van der Waals surface area contributed by atoms with Gasteiger partial charge in [0.25, 0.3) is 0 Å². The molecular weight excluding hydrogens is 252 g/mol. The molecular formula is C17H26O3. The van der Waals surface area contributed by atoms with Crippen LogP contribution in [0, 0.1) is 10.8 Å². The molecule has 1 unspecified atom stereocenters. The Kier molecular flexibility index (Phi) is 5.21. The van der Waals surface area contributed by atoms with Crippen LogP contribution in [0.1, 0.15) is 40.2 Å². The zero-order chi connectivity index (χ0) is 15.4. The smallest absolute Gasteiger partial charge is 0.312 e. The van der Waals surface area contributed by atoms with Crippen LogP contribution in [0.2, 0.25) is 0 Å². The SMILES string of the molecule is CCOC(=O)C(C)(Cc1ccccc1OC)C(C)(C)C. The van der Waals surface area contributed by atoms with E-state index in [1.54, 1.807) is 7.11 Å². The largest absolute Gasteiger partial charge is 0.496 e. The van der Waals surface area contributed by atoms with E-state index < -0.39 is 5.41 Å². The number of rotatable bonds is 5. The normalized spacial score (nSPS) is 14.5. The first-order valence-electron chi connectivity index (χ1n) is 7.05. The standard InChI is InChI=1S/C17H26O3/c1-7-20-15(18)17(5,16(2,3)4)12-13-10-8-9-11-14(13)19-6/h8-11H,7,12H2,1-6H3. The van der Waals surface area contributed by atoms with E-state index >= 15 is 0 Å². The molecule has 3 nitrogen and oxygen atoms in total. The van der Waals surface area contributed by atoms with Gasteiger partial charge in [-0.1, -0.05) is 39.0 Å². The Morgan fingerprint density at radius 1 is 1.15 bits per heavy atom. The summed E-state index contributed by atoms with van der Waals surface area (Å²) < 4.78 is 10.7. The molecule has 0 N–H and O–H groups in total. The van der Waals surface area contributed by atoms with Crippen LogP contribution >= 0.6 is 0 Å². The van der Waals surface area contributed by atoms with Crippen molar-refractivity contribution in [3.8, 4) is 5.75 Å². The topological polar surface area (TPSA) is 35.5 Å². The second-order valence-corrected chi connectivity index (χ2v) is 6.29. The fourth-order valence-electron chi connectivity index (χ4n) is 2.16. The van der Waals surface area contributed by atoms with Crippen molar-refractivity contribution in [2.75, 3.05) is 13.7 Å². The van der Waals surface area contributed by atoms with Crippen molar-refractivity contribution in [1.82, 2.24) is 0 Å². The van der Waals surface area contributed by atoms with E-state index in [1.165, 1.54) is 0 Å². The molecule has 0 aliphatic heterocycles. The van der Waals surface area contributed by atoms with E-state index in [0.29, 0.717) is 13.0 Å². The number of carbonyl (C=O) groups excluding carboxylic acids is 1. The lowest BCUT2D eigenvalue weighted by Crippen LogP contribution is -2.43. The van der Waals surface area contributed by atoms with E-state index in [9.17, 15) is 4.79 Å². The predicted octanol–water partition coefficient (Wildman–Crippen LogP) is 3.85. The number of carbonyl (C=O) groups is 1. The van der Waals surface area contributed by atoms with Gasteiger partial charge < -0.3 is 9.47 Å². The molecule has 112 valence electrons. The fourth-order valence-corrected chi connectivity index (χ4v) is 2.16. The van der Waals surface area contributed by atoms with Crippen LogP contribution in [0.5, 0.6) is 5.75 Å². The summed E-state index contributed by atoms with van der Waals surface area (Å²) in [5.74, 6) is 0.658. The highest BCUT2D eigenvalue weighted by atomic mass is 16.5. The molecule has 0 amide bonds. The van der Waals surface area contributed by atoms with Crippen molar-refractivity contribution in [3.63, 3.8) is 0 Å². The summed E-state index contributed by atoms with van der Waals surface area (Å²) in [6.45, 7) is 10.4. The molecule has 0 radical (unpaired) electrons. The Labute approximate surface area is 122 Å². The molecule has 0 aliphatic carbocycles. The van der Waals surface area contributed by atoms with Gasteiger partial charge in [-0.3, -0.25) is 4.79 Å². The summed E-state index contributed by atoms with van der Waals surface area (Å²) in [6.07, 6.45) is 0.597. The van der Waals surface area contributed by atoms with Crippen molar-refractivity contribution >= 4 is 5.97 Å². The highest BCUT2D eigenvalue weighted by molar-refractivity contribution is 5.78. The zero-order valence-corrected chi connectivity index (χ0v) is 13.4. The molecule has 0 bridgehead atoms. The van der Waals surface area contributed by atoms with E-state index in [0.717, 1.165) is 11.3 Å². The maximum absolute atomic E-state index is 12.5. The lowest BCUT2D eigenvalue weighted by molar-refractivity contribution is -0.161. The lowest BCUT2D eigenvalue weighted by Gasteiger charge is -2.39. The molecule has 1 rings (SSSR count). The Morgan fingerprint density at radius 2 is 1.75 bits per heavy atom. The van der Waals surface area contributed by atoms with Gasteiger partial charge in [-0.05, 0) is 37.3 Å². The number of para-hydroxylation sites is 1. The van der Waals surface area contributed by atoms with Crippen LogP contribution in [0.15, 0.2) is 24.3 Å². The van der Waals surface area contributed by atoms with Crippen molar-refractivity contribution in [2.45, 2.75) is 41.0 Å². The average Bonchev–Trinajstić information content (AvgIpc) is 2.38. The van der Waals surface area contributed by atoms with Gasteiger partial charge in [0.1, 0.15) is 5.75 Å². The third kappa shape index (κ3) is 3.33. The molecule has 0 aliphatic rings. The number of ether oxygens (including phenoxy) is 2. The van der Waals surface area contributed by atoms with Gasteiger partial charge in [-0.25, -0.2) is 0 Å². The molecule has 3 heteroatoms. The first-order chi connectivity index (χ1) is 9.26. The summed E-state index contributed by atoms with van der Waals surface area (Å²) in [6, 6.07) is 7.82. The molecule has 1 aromatic rings. The summed E-state index contributed by atoms with van der Waals surface area (Å²) in [7, 11) is 1.65. The molecule has 0 heterocycles. The van der Waals surface area contributed by atoms with E-state index in [2.05, 4.69) is 20.8 Å². The van der Waals surface area contributed by atoms with Crippen molar-refractivity contribution < 1.29 is 14.3 Å². The minimum absolute atomic E-state index is 0.154. The quantitative estimate of drug-likeness (QED) is 0.767. The van der Waals surface area contributed by atoms with Crippen LogP contribution in [-0.2, 0) is 16.0 Å². The van der Waals surface area contributed by atoms with E-state index in [1.807, 2.05) is 38.1 Å². The fraction of sp³-hybridized carbons (Fsp3) is 0.588. The summed E-state index contributed by atoms with van der Waals surface area (Å²) in [4.78, 5) is 12.5. The van der Waals surface area contributed by atoms with Crippen LogP contribution in [0.4, 0.5) is 0 Å². The molecule has 0 saturated heterocycles. The zero-order valence-electron chi connectivity index (χ0n) is 13.4. The van der Waals surface area contributed by atoms with Crippen molar-refractivity contribution in [2.24, 2.45) is 10.8 Å². The number of benzene rings is 1. The lowest BCUT2D eigenvalue weighted by atomic mass is 9.64. The van der Waals surface area contributed by atoms with E-state index in [-0.39, 0.29) is 11.4 Å². The molecule has 0 saturated carbocycles. The summed E-state index contributed by atoms with van der Waals surface area (Å²) in [5.41, 5.74) is 0.220. The third-order valence-corrected chi connectivity index (χ3v) is 4.12. The van der Waals surface area contributed by atoms with Gasteiger partial charge >= 0.3 is 5.97 Å². The second-order valence-electron chi connectivity index (χ2n) is 6.29. The van der Waals surface area contributed by atoms with Crippen LogP contribution in [0.3, 0.4) is 0 Å². The minimum Gasteiger partial charge on any atom is -0.496 e. The van der Waals surface area contributed by atoms with E-state index in [4.69, 9.17) is 9.47 Å². The first-order valence-corrected chi connectivity index (χ1v) is 7.05. The summed E-state index contributed by atoms with van der Waals surface area (Å²) in [5, 5.41) is 0. The summed E-state index contributed by atoms with van der Waals surface area (Å²) >= 11 is 0. The Balaban J connectivity index is 3.17. The van der Waals surface area contributed by atoms with Crippen molar-refractivity contribution in [1.29, 1.82) is 0 Å². The number of hydrogen-bond donors (Lipinski definition) is 0. The maximum Gasteiger partial charge on any atom is 0.312 e. The number of methoxy groups -OCH3 is 1. The molecule has 1 atom stereocenters. The monoisotopic (exact) mass is 278 g/mol. The molecule has 20 heavy (non-hydrogen) atoms. The number of hydrogen-bond acceptors (Lipinski definition) is 3. The van der Waals surface area contributed by atoms with Crippen LogP contribution < -0.4 is 4.74 Å². The molecule has 0 fully saturated rings.